The maximum absolute atomic E-state index is 5.33. The summed E-state index contributed by atoms with van der Waals surface area (Å²) in [4.78, 5) is 5.29. The molecule has 0 amide bonds. The highest BCUT2D eigenvalue weighted by atomic mass is 32.1. The molecule has 0 aromatic heterocycles. The second-order valence-corrected chi connectivity index (χ2v) is 3.67. The third-order valence-corrected chi connectivity index (χ3v) is 2.32. The van der Waals surface area contributed by atoms with Crippen LogP contribution in [0.3, 0.4) is 0 Å². The van der Waals surface area contributed by atoms with E-state index in [0.29, 0.717) is 0 Å². The van der Waals surface area contributed by atoms with Gasteiger partial charge in [-0.25, -0.2) is 0 Å². The molecule has 0 bridgehead atoms. The summed E-state index contributed by atoms with van der Waals surface area (Å²) in [5.74, 6) is 0. The molecule has 0 unspecified atom stereocenters. The van der Waals surface area contributed by atoms with Crippen LogP contribution in [-0.4, -0.2) is 17.1 Å². The van der Waals surface area contributed by atoms with Crippen LogP contribution >= 0.6 is 12.2 Å². The van der Waals surface area contributed by atoms with E-state index in [1.807, 2.05) is 44.2 Å². The van der Waals surface area contributed by atoms with Crippen molar-refractivity contribution >= 4 is 22.8 Å². The van der Waals surface area contributed by atoms with Crippen LogP contribution in [0, 0.1) is 0 Å². The third-order valence-electron chi connectivity index (χ3n) is 1.94. The fourth-order valence-corrected chi connectivity index (χ4v) is 1.63. The Morgan fingerprint density at radius 3 is 2.50 bits per heavy atom. The van der Waals surface area contributed by atoms with E-state index in [1.165, 1.54) is 0 Å². The van der Waals surface area contributed by atoms with E-state index in [2.05, 4.69) is 4.99 Å². The minimum atomic E-state index is 0.799. The summed E-state index contributed by atoms with van der Waals surface area (Å²) in [6, 6.07) is 10.1. The predicted octanol–water partition coefficient (Wildman–Crippen LogP) is 3.28. The Morgan fingerprint density at radius 2 is 1.93 bits per heavy atom. The van der Waals surface area contributed by atoms with Gasteiger partial charge in [-0.05, 0) is 19.4 Å². The van der Waals surface area contributed by atoms with Gasteiger partial charge in [-0.15, -0.1) is 0 Å². The second kappa shape index (κ2) is 5.66. The summed E-state index contributed by atoms with van der Waals surface area (Å²) < 4.78 is 0. The molecule has 0 aliphatic heterocycles. The van der Waals surface area contributed by atoms with Gasteiger partial charge in [0.25, 0.3) is 0 Å². The molecule has 0 radical (unpaired) electrons. The molecule has 0 aliphatic carbocycles. The molecule has 0 saturated carbocycles. The van der Waals surface area contributed by atoms with E-state index in [9.17, 15) is 0 Å². The van der Waals surface area contributed by atoms with Crippen molar-refractivity contribution in [1.29, 1.82) is 0 Å². The van der Waals surface area contributed by atoms with Crippen molar-refractivity contribution in [1.82, 2.24) is 0 Å². The van der Waals surface area contributed by atoms with E-state index in [-0.39, 0.29) is 0 Å². The van der Waals surface area contributed by atoms with Gasteiger partial charge in [0.1, 0.15) is 0 Å². The molecule has 0 atom stereocenters. The molecular weight excluding hydrogens is 190 g/mol. The Morgan fingerprint density at radius 1 is 1.29 bits per heavy atom. The number of thiocarbonyl (C=S) groups is 1. The fraction of sp³-hybridized carbons (Fsp3) is 0.333. The Bertz CT molecular complexity index is 327. The number of hydrogen-bond acceptors (Lipinski definition) is 2. The lowest BCUT2D eigenvalue weighted by Gasteiger charge is -2.03. The Hall–Kier alpha value is -1.02. The lowest BCUT2D eigenvalue weighted by molar-refractivity contribution is 1.12. The zero-order valence-corrected chi connectivity index (χ0v) is 9.47. The smallest absolute Gasteiger partial charge is 0.0360 e. The number of hydrogen-bond donors (Lipinski definition) is 0. The van der Waals surface area contributed by atoms with Crippen LogP contribution in [0.1, 0.15) is 25.8 Å². The van der Waals surface area contributed by atoms with Crippen molar-refractivity contribution in [2.24, 2.45) is 4.99 Å². The molecule has 1 nitrogen and oxygen atoms in total. The van der Waals surface area contributed by atoms with Gasteiger partial charge in [-0.1, -0.05) is 42.5 Å². The molecule has 0 aliphatic rings. The average Bonchev–Trinajstić information content (AvgIpc) is 2.19. The van der Waals surface area contributed by atoms with E-state index >= 15 is 0 Å². The minimum Gasteiger partial charge on any atom is -0.294 e. The quantitative estimate of drug-likeness (QED) is 0.417. The minimum absolute atomic E-state index is 0.799. The van der Waals surface area contributed by atoms with Crippen molar-refractivity contribution in [2.75, 3.05) is 6.54 Å². The molecule has 0 N–H and O–H groups in total. The lowest BCUT2D eigenvalue weighted by atomic mass is 10.1. The molecule has 1 aromatic carbocycles. The van der Waals surface area contributed by atoms with Crippen LogP contribution in [0.5, 0.6) is 0 Å². The average molecular weight is 205 g/mol. The van der Waals surface area contributed by atoms with Crippen LogP contribution in [0.15, 0.2) is 35.3 Å². The van der Waals surface area contributed by atoms with Gasteiger partial charge in [-0.2, -0.15) is 0 Å². The Kier molecular flexibility index (Phi) is 4.47. The highest BCUT2D eigenvalue weighted by Crippen LogP contribution is 2.05. The topological polar surface area (TPSA) is 12.4 Å². The lowest BCUT2D eigenvalue weighted by Crippen LogP contribution is -2.04. The number of rotatable bonds is 4. The third kappa shape index (κ3) is 3.38. The zero-order chi connectivity index (χ0) is 10.4. The first-order chi connectivity index (χ1) is 6.74. The number of aliphatic imine (C=N–C) groups is 1. The molecule has 0 heterocycles. The standard InChI is InChI=1S/C12H15NS/c1-3-13-10(2)9-12(14)11-7-5-4-6-8-11/h4-8H,3,9H2,1-2H3. The first kappa shape index (κ1) is 11.1. The van der Waals surface area contributed by atoms with Gasteiger partial charge in [0.05, 0.1) is 0 Å². The summed E-state index contributed by atoms with van der Waals surface area (Å²) in [5, 5.41) is 0. The molecule has 1 aromatic rings. The summed E-state index contributed by atoms with van der Waals surface area (Å²) in [5.41, 5.74) is 2.24. The molecule has 0 spiro atoms. The zero-order valence-electron chi connectivity index (χ0n) is 8.66. The first-order valence-corrected chi connectivity index (χ1v) is 5.23. The molecule has 0 fully saturated rings. The molecular formula is C12H15NS. The summed E-state index contributed by atoms with van der Waals surface area (Å²) in [7, 11) is 0. The maximum Gasteiger partial charge on any atom is 0.0360 e. The molecule has 1 rings (SSSR count). The van der Waals surface area contributed by atoms with Gasteiger partial charge in [0.2, 0.25) is 0 Å². The summed E-state index contributed by atoms with van der Waals surface area (Å²) >= 11 is 5.33. The van der Waals surface area contributed by atoms with Crippen LogP contribution in [-0.2, 0) is 0 Å². The van der Waals surface area contributed by atoms with E-state index in [1.54, 1.807) is 0 Å². The molecule has 2 heteroatoms. The van der Waals surface area contributed by atoms with Crippen molar-refractivity contribution in [3.05, 3.63) is 35.9 Å². The van der Waals surface area contributed by atoms with Crippen molar-refractivity contribution in [3.63, 3.8) is 0 Å². The summed E-state index contributed by atoms with van der Waals surface area (Å²) in [6.45, 7) is 4.90. The van der Waals surface area contributed by atoms with Crippen LogP contribution in [0.2, 0.25) is 0 Å². The van der Waals surface area contributed by atoms with Gasteiger partial charge < -0.3 is 0 Å². The second-order valence-electron chi connectivity index (χ2n) is 3.18. The summed E-state index contributed by atoms with van der Waals surface area (Å²) in [6.07, 6.45) is 0.799. The normalized spacial score (nSPS) is 11.4. The number of benzene rings is 1. The van der Waals surface area contributed by atoms with Crippen LogP contribution in [0.4, 0.5) is 0 Å². The molecule has 0 saturated heterocycles. The predicted molar refractivity (Wildman–Crippen MR) is 66.4 cm³/mol. The van der Waals surface area contributed by atoms with Gasteiger partial charge in [0.15, 0.2) is 0 Å². The van der Waals surface area contributed by atoms with Gasteiger partial charge in [0, 0.05) is 23.5 Å². The van der Waals surface area contributed by atoms with Gasteiger partial charge in [-0.3, -0.25) is 4.99 Å². The molecule has 74 valence electrons. The fourth-order valence-electron chi connectivity index (χ4n) is 1.28. The highest BCUT2D eigenvalue weighted by Gasteiger charge is 2.01. The largest absolute Gasteiger partial charge is 0.294 e. The van der Waals surface area contributed by atoms with E-state index < -0.39 is 0 Å². The Labute approximate surface area is 90.9 Å². The molecule has 14 heavy (non-hydrogen) atoms. The highest BCUT2D eigenvalue weighted by molar-refractivity contribution is 7.80. The van der Waals surface area contributed by atoms with Crippen LogP contribution in [0.25, 0.3) is 0 Å². The SMILES string of the molecule is CCN=C(C)CC(=S)c1ccccc1. The van der Waals surface area contributed by atoms with E-state index in [0.717, 1.165) is 29.1 Å². The first-order valence-electron chi connectivity index (χ1n) is 4.82. The number of nitrogens with zero attached hydrogens (tertiary/aromatic N) is 1. The van der Waals surface area contributed by atoms with Gasteiger partial charge >= 0.3 is 0 Å². The maximum atomic E-state index is 5.33. The van der Waals surface area contributed by atoms with Crippen molar-refractivity contribution in [3.8, 4) is 0 Å². The monoisotopic (exact) mass is 205 g/mol. The van der Waals surface area contributed by atoms with Crippen LogP contribution < -0.4 is 0 Å². The van der Waals surface area contributed by atoms with Crippen molar-refractivity contribution < 1.29 is 0 Å². The van der Waals surface area contributed by atoms with Crippen molar-refractivity contribution in [2.45, 2.75) is 20.3 Å². The van der Waals surface area contributed by atoms with E-state index in [4.69, 9.17) is 12.2 Å². The Balaban J connectivity index is 2.64.